The quantitative estimate of drug-likeness (QED) is 0.789. The molecule has 0 aliphatic carbocycles. The fourth-order valence-electron chi connectivity index (χ4n) is 1.06. The van der Waals surface area contributed by atoms with Crippen LogP contribution in [0.1, 0.15) is 17.7 Å². The second-order valence-corrected chi connectivity index (χ2v) is 3.85. The first-order valence-corrected chi connectivity index (χ1v) is 5.58. The van der Waals surface area contributed by atoms with Gasteiger partial charge in [0.1, 0.15) is 11.4 Å². The molecular weight excluding hydrogens is 324 g/mol. The summed E-state index contributed by atoms with van der Waals surface area (Å²) >= 11 is 6.31. The second kappa shape index (κ2) is 5.02. The Hall–Kier alpha value is -0.230. The van der Waals surface area contributed by atoms with Crippen molar-refractivity contribution >= 4 is 31.9 Å². The zero-order valence-corrected chi connectivity index (χ0v) is 10.4. The Morgan fingerprint density at radius 2 is 2.21 bits per heavy atom. The Balaban J connectivity index is 3.33. The van der Waals surface area contributed by atoms with Crippen LogP contribution >= 0.6 is 31.9 Å². The Bertz CT molecular complexity index is 333. The summed E-state index contributed by atoms with van der Waals surface area (Å²) in [6, 6.07) is 0. The van der Waals surface area contributed by atoms with E-state index >= 15 is 0 Å². The Morgan fingerprint density at radius 3 is 2.64 bits per heavy atom. The molecule has 2 nitrogen and oxygen atoms in total. The van der Waals surface area contributed by atoms with E-state index in [1.807, 2.05) is 0 Å². The van der Waals surface area contributed by atoms with E-state index in [2.05, 4.69) is 36.8 Å². The van der Waals surface area contributed by atoms with Gasteiger partial charge >= 0.3 is 0 Å². The third-order valence-electron chi connectivity index (χ3n) is 1.66. The molecule has 14 heavy (non-hydrogen) atoms. The molecular formula is C8H7Br2F2NO. The monoisotopic (exact) mass is 329 g/mol. The van der Waals surface area contributed by atoms with Crippen LogP contribution in [0.3, 0.4) is 0 Å². The van der Waals surface area contributed by atoms with Crippen molar-refractivity contribution in [3.8, 4) is 5.75 Å². The lowest BCUT2D eigenvalue weighted by Crippen LogP contribution is -2.00. The van der Waals surface area contributed by atoms with E-state index in [9.17, 15) is 8.78 Å². The smallest absolute Gasteiger partial charge is 0.280 e. The van der Waals surface area contributed by atoms with Gasteiger partial charge in [-0.25, -0.2) is 8.78 Å². The molecule has 0 saturated heterocycles. The van der Waals surface area contributed by atoms with Crippen molar-refractivity contribution in [1.82, 2.24) is 4.98 Å². The van der Waals surface area contributed by atoms with Crippen molar-refractivity contribution in [3.05, 3.63) is 21.9 Å². The summed E-state index contributed by atoms with van der Waals surface area (Å²) in [4.78, 5) is 3.65. The van der Waals surface area contributed by atoms with Crippen molar-refractivity contribution in [3.63, 3.8) is 0 Å². The van der Waals surface area contributed by atoms with Crippen LogP contribution in [0.25, 0.3) is 0 Å². The number of ether oxygens (including phenoxy) is 1. The normalized spacial score (nSPS) is 10.7. The SMILES string of the molecule is COc1c(Br)cnc(C(F)F)c1CBr. The Morgan fingerprint density at radius 1 is 1.57 bits per heavy atom. The van der Waals surface area contributed by atoms with Gasteiger partial charge in [0.25, 0.3) is 6.43 Å². The van der Waals surface area contributed by atoms with Gasteiger partial charge in [-0.1, -0.05) is 15.9 Å². The molecule has 0 bridgehead atoms. The minimum atomic E-state index is -2.59. The van der Waals surface area contributed by atoms with Crippen LogP contribution in [0.5, 0.6) is 5.75 Å². The average Bonchev–Trinajstić information content (AvgIpc) is 2.16. The molecule has 1 heterocycles. The summed E-state index contributed by atoms with van der Waals surface area (Å²) in [7, 11) is 1.43. The second-order valence-electron chi connectivity index (χ2n) is 2.44. The van der Waals surface area contributed by atoms with Gasteiger partial charge < -0.3 is 4.74 Å². The third-order valence-corrected chi connectivity index (χ3v) is 2.79. The minimum Gasteiger partial charge on any atom is -0.495 e. The summed E-state index contributed by atoms with van der Waals surface area (Å²) in [6.45, 7) is 0. The number of methoxy groups -OCH3 is 1. The number of rotatable bonds is 3. The van der Waals surface area contributed by atoms with Gasteiger partial charge in [0.2, 0.25) is 0 Å². The first kappa shape index (κ1) is 11.8. The molecule has 0 N–H and O–H groups in total. The van der Waals surface area contributed by atoms with Crippen LogP contribution in [0.4, 0.5) is 8.78 Å². The maximum absolute atomic E-state index is 12.5. The number of hydrogen-bond acceptors (Lipinski definition) is 2. The first-order valence-electron chi connectivity index (χ1n) is 3.67. The summed E-state index contributed by atoms with van der Waals surface area (Å²) in [5.74, 6) is 0.396. The molecule has 0 aromatic carbocycles. The average molecular weight is 331 g/mol. The third kappa shape index (κ3) is 2.23. The van der Waals surface area contributed by atoms with Crippen LogP contribution in [-0.4, -0.2) is 12.1 Å². The van der Waals surface area contributed by atoms with Gasteiger partial charge in [-0.2, -0.15) is 0 Å². The van der Waals surface area contributed by atoms with E-state index in [0.29, 0.717) is 15.8 Å². The lowest BCUT2D eigenvalue weighted by Gasteiger charge is -2.11. The van der Waals surface area contributed by atoms with E-state index in [1.54, 1.807) is 0 Å². The van der Waals surface area contributed by atoms with Crippen LogP contribution in [-0.2, 0) is 5.33 Å². The molecule has 0 aliphatic heterocycles. The molecule has 0 amide bonds. The fourth-order valence-corrected chi connectivity index (χ4v) is 2.11. The summed E-state index contributed by atoms with van der Waals surface area (Å²) in [5.41, 5.74) is 0.124. The van der Waals surface area contributed by atoms with E-state index in [4.69, 9.17) is 4.74 Å². The Kier molecular flexibility index (Phi) is 4.25. The molecule has 0 saturated carbocycles. The van der Waals surface area contributed by atoms with Crippen LogP contribution in [0.2, 0.25) is 0 Å². The number of hydrogen-bond donors (Lipinski definition) is 0. The molecule has 0 fully saturated rings. The zero-order valence-electron chi connectivity index (χ0n) is 7.23. The van der Waals surface area contributed by atoms with Gasteiger partial charge in [0, 0.05) is 17.1 Å². The predicted octanol–water partition coefficient (Wildman–Crippen LogP) is 3.69. The number of halogens is 4. The van der Waals surface area contributed by atoms with Crippen molar-refractivity contribution < 1.29 is 13.5 Å². The number of nitrogens with zero attached hydrogens (tertiary/aromatic N) is 1. The van der Waals surface area contributed by atoms with Gasteiger partial charge in [-0.05, 0) is 15.9 Å². The topological polar surface area (TPSA) is 22.1 Å². The highest BCUT2D eigenvalue weighted by Gasteiger charge is 2.19. The predicted molar refractivity (Wildman–Crippen MR) is 56.1 cm³/mol. The summed E-state index contributed by atoms with van der Waals surface area (Å²) < 4.78 is 30.6. The molecule has 1 aromatic heterocycles. The summed E-state index contributed by atoms with van der Waals surface area (Å²) in [5, 5.41) is 0.280. The van der Waals surface area contributed by atoms with Gasteiger partial charge in [-0.3, -0.25) is 4.98 Å². The maximum Gasteiger partial charge on any atom is 0.280 e. The summed E-state index contributed by atoms with van der Waals surface area (Å²) in [6.07, 6.45) is -1.28. The lowest BCUT2D eigenvalue weighted by molar-refractivity contribution is 0.144. The van der Waals surface area contributed by atoms with Crippen molar-refractivity contribution in [1.29, 1.82) is 0 Å². The molecule has 0 atom stereocenters. The van der Waals surface area contributed by atoms with E-state index in [-0.39, 0.29) is 11.0 Å². The molecule has 0 unspecified atom stereocenters. The molecule has 6 heteroatoms. The van der Waals surface area contributed by atoms with Crippen molar-refractivity contribution in [2.24, 2.45) is 0 Å². The molecule has 78 valence electrons. The molecule has 0 aliphatic rings. The number of alkyl halides is 3. The standard InChI is InChI=1S/C8H7Br2F2NO/c1-14-7-4(2-9)6(8(11)12)13-3-5(7)10/h3,8H,2H2,1H3. The van der Waals surface area contributed by atoms with E-state index in [1.165, 1.54) is 13.3 Å². The van der Waals surface area contributed by atoms with Crippen molar-refractivity contribution in [2.45, 2.75) is 11.8 Å². The van der Waals surface area contributed by atoms with Crippen LogP contribution in [0, 0.1) is 0 Å². The molecule has 0 spiro atoms. The van der Waals surface area contributed by atoms with Crippen molar-refractivity contribution in [2.75, 3.05) is 7.11 Å². The van der Waals surface area contributed by atoms with Gasteiger partial charge in [0.15, 0.2) is 0 Å². The first-order chi connectivity index (χ1) is 6.61. The van der Waals surface area contributed by atoms with Gasteiger partial charge in [-0.15, -0.1) is 0 Å². The number of pyridine rings is 1. The highest BCUT2D eigenvalue weighted by Crippen LogP contribution is 2.35. The molecule has 1 aromatic rings. The molecule has 0 radical (unpaired) electrons. The highest BCUT2D eigenvalue weighted by atomic mass is 79.9. The zero-order chi connectivity index (χ0) is 10.7. The van der Waals surface area contributed by atoms with Crippen LogP contribution in [0.15, 0.2) is 10.7 Å². The lowest BCUT2D eigenvalue weighted by atomic mass is 10.2. The van der Waals surface area contributed by atoms with E-state index in [0.717, 1.165) is 0 Å². The van der Waals surface area contributed by atoms with Crippen LogP contribution < -0.4 is 4.74 Å². The number of aromatic nitrogens is 1. The molecule has 1 rings (SSSR count). The largest absolute Gasteiger partial charge is 0.495 e. The fraction of sp³-hybridized carbons (Fsp3) is 0.375. The van der Waals surface area contributed by atoms with Gasteiger partial charge in [0.05, 0.1) is 11.6 Å². The van der Waals surface area contributed by atoms with E-state index < -0.39 is 6.43 Å². The Labute approximate surface area is 96.9 Å². The highest BCUT2D eigenvalue weighted by molar-refractivity contribution is 9.10. The maximum atomic E-state index is 12.5. The minimum absolute atomic E-state index is 0.248.